The second-order valence-electron chi connectivity index (χ2n) is 7.45. The van der Waals surface area contributed by atoms with Crippen molar-refractivity contribution in [3.05, 3.63) is 59.2 Å². The van der Waals surface area contributed by atoms with Gasteiger partial charge in [0.05, 0.1) is 6.61 Å². The molecule has 5 nitrogen and oxygen atoms in total. The summed E-state index contributed by atoms with van der Waals surface area (Å²) in [5.41, 5.74) is 3.22. The molecule has 150 valence electrons. The molecule has 2 aromatic carbocycles. The van der Waals surface area contributed by atoms with Crippen molar-refractivity contribution >= 4 is 5.91 Å². The van der Waals surface area contributed by atoms with Crippen LogP contribution in [0.2, 0.25) is 0 Å². The Morgan fingerprint density at radius 3 is 2.57 bits per heavy atom. The van der Waals surface area contributed by atoms with Gasteiger partial charge in [0.1, 0.15) is 0 Å². The van der Waals surface area contributed by atoms with Gasteiger partial charge >= 0.3 is 0 Å². The van der Waals surface area contributed by atoms with Gasteiger partial charge in [-0.15, -0.1) is 0 Å². The summed E-state index contributed by atoms with van der Waals surface area (Å²) in [6.45, 7) is 7.44. The standard InChI is InChI=1S/C23H30N2O3/c1-3-28-21-6-4-5-20(22(21)26)16-25-13-11-19(12-14-25)23(27)24-15-18-9-7-17(2)8-10-18/h4-10,19,26H,3,11-16H2,1-2H3,(H,24,27). The van der Waals surface area contributed by atoms with Crippen LogP contribution in [-0.4, -0.2) is 35.6 Å². The normalized spacial score (nSPS) is 15.4. The summed E-state index contributed by atoms with van der Waals surface area (Å²) in [4.78, 5) is 14.8. The van der Waals surface area contributed by atoms with Crippen LogP contribution in [0.4, 0.5) is 0 Å². The van der Waals surface area contributed by atoms with Gasteiger partial charge in [-0.25, -0.2) is 0 Å². The molecule has 1 aliphatic heterocycles. The Balaban J connectivity index is 1.47. The van der Waals surface area contributed by atoms with Gasteiger partial charge in [-0.05, 0) is 51.4 Å². The van der Waals surface area contributed by atoms with Crippen LogP contribution < -0.4 is 10.1 Å². The van der Waals surface area contributed by atoms with Crippen molar-refractivity contribution in [3.8, 4) is 11.5 Å². The molecule has 1 heterocycles. The average molecular weight is 383 g/mol. The minimum atomic E-state index is 0.0602. The van der Waals surface area contributed by atoms with Gasteiger partial charge < -0.3 is 15.2 Å². The lowest BCUT2D eigenvalue weighted by atomic mass is 9.95. The number of piperidine rings is 1. The van der Waals surface area contributed by atoms with E-state index in [2.05, 4.69) is 41.4 Å². The van der Waals surface area contributed by atoms with Crippen LogP contribution in [0.3, 0.4) is 0 Å². The number of phenols is 1. The molecule has 3 rings (SSSR count). The second-order valence-corrected chi connectivity index (χ2v) is 7.45. The fourth-order valence-corrected chi connectivity index (χ4v) is 3.60. The van der Waals surface area contributed by atoms with E-state index in [1.54, 1.807) is 6.07 Å². The van der Waals surface area contributed by atoms with Crippen molar-refractivity contribution in [1.29, 1.82) is 0 Å². The summed E-state index contributed by atoms with van der Waals surface area (Å²) in [7, 11) is 0. The lowest BCUT2D eigenvalue weighted by Crippen LogP contribution is -2.40. The molecule has 0 radical (unpaired) electrons. The number of amides is 1. The molecule has 5 heteroatoms. The first kappa shape index (κ1) is 20.2. The highest BCUT2D eigenvalue weighted by Gasteiger charge is 2.25. The molecule has 1 saturated heterocycles. The largest absolute Gasteiger partial charge is 0.504 e. The van der Waals surface area contributed by atoms with Crippen molar-refractivity contribution < 1.29 is 14.6 Å². The number of ether oxygens (including phenoxy) is 1. The van der Waals surface area contributed by atoms with Crippen LogP contribution in [-0.2, 0) is 17.9 Å². The van der Waals surface area contributed by atoms with Crippen molar-refractivity contribution in [2.75, 3.05) is 19.7 Å². The predicted molar refractivity (Wildman–Crippen MR) is 110 cm³/mol. The lowest BCUT2D eigenvalue weighted by Gasteiger charge is -2.31. The average Bonchev–Trinajstić information content (AvgIpc) is 2.71. The van der Waals surface area contributed by atoms with E-state index in [1.165, 1.54) is 5.56 Å². The number of aromatic hydroxyl groups is 1. The van der Waals surface area contributed by atoms with Crippen LogP contribution in [0.1, 0.15) is 36.5 Å². The maximum absolute atomic E-state index is 12.5. The number of aryl methyl sites for hydroxylation is 1. The van der Waals surface area contributed by atoms with E-state index in [1.807, 2.05) is 19.1 Å². The third kappa shape index (κ3) is 5.26. The van der Waals surface area contributed by atoms with E-state index in [0.717, 1.165) is 37.1 Å². The molecular formula is C23H30N2O3. The molecule has 0 saturated carbocycles. The van der Waals surface area contributed by atoms with E-state index < -0.39 is 0 Å². The fourth-order valence-electron chi connectivity index (χ4n) is 3.60. The molecule has 0 aliphatic carbocycles. The van der Waals surface area contributed by atoms with E-state index in [4.69, 9.17) is 4.74 Å². The summed E-state index contributed by atoms with van der Waals surface area (Å²) in [6.07, 6.45) is 1.68. The molecule has 1 fully saturated rings. The van der Waals surface area contributed by atoms with E-state index in [9.17, 15) is 9.90 Å². The third-order valence-electron chi connectivity index (χ3n) is 5.32. The van der Waals surface area contributed by atoms with Gasteiger partial charge in [0.2, 0.25) is 5.91 Å². The molecule has 0 atom stereocenters. The van der Waals surface area contributed by atoms with Crippen molar-refractivity contribution in [2.24, 2.45) is 5.92 Å². The predicted octanol–water partition coefficient (Wildman–Crippen LogP) is 3.63. The first-order valence-corrected chi connectivity index (χ1v) is 10.1. The number of phenolic OH excluding ortho intramolecular Hbond substituents is 1. The summed E-state index contributed by atoms with van der Waals surface area (Å²) in [5.74, 6) is 0.958. The first-order valence-electron chi connectivity index (χ1n) is 10.1. The number of carbonyl (C=O) groups is 1. The zero-order valence-corrected chi connectivity index (χ0v) is 16.8. The van der Waals surface area contributed by atoms with Gasteiger partial charge in [0, 0.05) is 24.6 Å². The number of para-hydroxylation sites is 1. The number of hydrogen-bond acceptors (Lipinski definition) is 4. The number of benzene rings is 2. The SMILES string of the molecule is CCOc1cccc(CN2CCC(C(=O)NCc3ccc(C)cc3)CC2)c1O. The molecule has 0 aromatic heterocycles. The zero-order valence-electron chi connectivity index (χ0n) is 16.8. The molecule has 2 aromatic rings. The Kier molecular flexibility index (Phi) is 6.93. The fraction of sp³-hybridized carbons (Fsp3) is 0.435. The summed E-state index contributed by atoms with van der Waals surface area (Å²) in [5, 5.41) is 13.4. The minimum absolute atomic E-state index is 0.0602. The highest BCUT2D eigenvalue weighted by Crippen LogP contribution is 2.31. The van der Waals surface area contributed by atoms with Gasteiger partial charge in [0.15, 0.2) is 11.5 Å². The number of rotatable bonds is 7. The molecule has 0 unspecified atom stereocenters. The molecule has 2 N–H and O–H groups in total. The molecule has 28 heavy (non-hydrogen) atoms. The van der Waals surface area contributed by atoms with Crippen molar-refractivity contribution in [2.45, 2.75) is 39.8 Å². The molecule has 1 aliphatic rings. The Morgan fingerprint density at radius 2 is 1.89 bits per heavy atom. The van der Waals surface area contributed by atoms with Crippen molar-refractivity contribution in [3.63, 3.8) is 0 Å². The Labute approximate surface area is 167 Å². The minimum Gasteiger partial charge on any atom is -0.504 e. The first-order chi connectivity index (χ1) is 13.6. The number of hydrogen-bond donors (Lipinski definition) is 2. The van der Waals surface area contributed by atoms with Crippen molar-refractivity contribution in [1.82, 2.24) is 10.2 Å². The van der Waals surface area contributed by atoms with Crippen LogP contribution in [0, 0.1) is 12.8 Å². The van der Waals surface area contributed by atoms with Crippen LogP contribution in [0.5, 0.6) is 11.5 Å². The Bertz CT molecular complexity index is 781. The maximum atomic E-state index is 12.5. The number of nitrogens with one attached hydrogen (secondary N) is 1. The van der Waals surface area contributed by atoms with Gasteiger partial charge in [-0.2, -0.15) is 0 Å². The van der Waals surface area contributed by atoms with Crippen LogP contribution in [0.15, 0.2) is 42.5 Å². The zero-order chi connectivity index (χ0) is 19.9. The Hall–Kier alpha value is -2.53. The van der Waals surface area contributed by atoms with E-state index in [0.29, 0.717) is 25.4 Å². The molecule has 0 spiro atoms. The topological polar surface area (TPSA) is 61.8 Å². The second kappa shape index (κ2) is 9.60. The maximum Gasteiger partial charge on any atom is 0.223 e. The molecule has 1 amide bonds. The van der Waals surface area contributed by atoms with Crippen LogP contribution in [0.25, 0.3) is 0 Å². The Morgan fingerprint density at radius 1 is 1.18 bits per heavy atom. The smallest absolute Gasteiger partial charge is 0.223 e. The quantitative estimate of drug-likeness (QED) is 0.768. The van der Waals surface area contributed by atoms with Gasteiger partial charge in [-0.1, -0.05) is 42.0 Å². The monoisotopic (exact) mass is 382 g/mol. The lowest BCUT2D eigenvalue weighted by molar-refractivity contribution is -0.126. The summed E-state index contributed by atoms with van der Waals surface area (Å²) < 4.78 is 5.46. The molecular weight excluding hydrogens is 352 g/mol. The van der Waals surface area contributed by atoms with E-state index in [-0.39, 0.29) is 17.6 Å². The highest BCUT2D eigenvalue weighted by molar-refractivity contribution is 5.78. The summed E-state index contributed by atoms with van der Waals surface area (Å²) in [6, 6.07) is 13.9. The molecule has 0 bridgehead atoms. The van der Waals surface area contributed by atoms with E-state index >= 15 is 0 Å². The van der Waals surface area contributed by atoms with Gasteiger partial charge in [-0.3, -0.25) is 9.69 Å². The number of carbonyl (C=O) groups excluding carboxylic acids is 1. The number of likely N-dealkylation sites (tertiary alicyclic amines) is 1. The van der Waals surface area contributed by atoms with Gasteiger partial charge in [0.25, 0.3) is 0 Å². The number of nitrogens with zero attached hydrogens (tertiary/aromatic N) is 1. The third-order valence-corrected chi connectivity index (χ3v) is 5.32. The summed E-state index contributed by atoms with van der Waals surface area (Å²) >= 11 is 0. The van der Waals surface area contributed by atoms with Crippen LogP contribution >= 0.6 is 0 Å². The highest BCUT2D eigenvalue weighted by atomic mass is 16.5.